The van der Waals surface area contributed by atoms with Gasteiger partial charge in [-0.2, -0.15) is 13.2 Å². The number of carbonyl (C=O) groups is 2. The summed E-state index contributed by atoms with van der Waals surface area (Å²) < 4.78 is 83.2. The Bertz CT molecular complexity index is 1340. The predicted molar refractivity (Wildman–Crippen MR) is 130 cm³/mol. The molecule has 1 aliphatic carbocycles. The normalized spacial score (nSPS) is 19.1. The highest BCUT2D eigenvalue weighted by atomic mass is 32.2. The first-order chi connectivity index (χ1) is 17.8. The molecule has 1 N–H and O–H groups in total. The molecule has 206 valence electrons. The maximum absolute atomic E-state index is 14.8. The van der Waals surface area contributed by atoms with Gasteiger partial charge in [0.15, 0.2) is 9.84 Å². The molecule has 1 saturated heterocycles. The molecule has 1 aliphatic heterocycles. The summed E-state index contributed by atoms with van der Waals surface area (Å²) in [6.45, 7) is 0.228. The van der Waals surface area contributed by atoms with Crippen molar-refractivity contribution in [3.8, 4) is 5.75 Å². The third-order valence-corrected chi connectivity index (χ3v) is 8.06. The Morgan fingerprint density at radius 2 is 1.79 bits per heavy atom. The molecule has 2 atom stereocenters. The Labute approximate surface area is 218 Å². The van der Waals surface area contributed by atoms with Gasteiger partial charge in [0.1, 0.15) is 17.6 Å². The number of nitrogens with zero attached hydrogens (tertiary/aromatic N) is 1. The fourth-order valence-electron chi connectivity index (χ4n) is 4.77. The number of carbonyl (C=O) groups excluding carboxylic acids is 2. The van der Waals surface area contributed by atoms with Crippen LogP contribution >= 0.6 is 0 Å². The third kappa shape index (κ3) is 5.95. The average Bonchev–Trinajstić information content (AvgIpc) is 3.71. The minimum atomic E-state index is -4.70. The number of sulfone groups is 1. The van der Waals surface area contributed by atoms with E-state index >= 15 is 0 Å². The first kappa shape index (κ1) is 27.9. The largest absolute Gasteiger partial charge is 0.496 e. The van der Waals surface area contributed by atoms with Gasteiger partial charge in [0, 0.05) is 18.4 Å². The van der Waals surface area contributed by atoms with Gasteiger partial charge in [-0.25, -0.2) is 12.8 Å². The van der Waals surface area contributed by atoms with Crippen molar-refractivity contribution in [2.75, 3.05) is 19.9 Å². The van der Waals surface area contributed by atoms with Gasteiger partial charge < -0.3 is 15.0 Å². The molecule has 0 unspecified atom stereocenters. The molecule has 2 aromatic carbocycles. The van der Waals surface area contributed by atoms with Crippen LogP contribution in [0.15, 0.2) is 41.3 Å². The second-order valence-electron chi connectivity index (χ2n) is 9.70. The number of likely N-dealkylation sites (tertiary alicyclic amines) is 1. The second-order valence-corrected chi connectivity index (χ2v) is 11.7. The lowest BCUT2D eigenvalue weighted by atomic mass is 9.96. The Hall–Kier alpha value is -3.15. The zero-order valence-electron chi connectivity index (χ0n) is 20.8. The summed E-state index contributed by atoms with van der Waals surface area (Å²) in [4.78, 5) is 28.3. The Morgan fingerprint density at radius 1 is 1.08 bits per heavy atom. The van der Waals surface area contributed by atoms with Crippen LogP contribution in [0.5, 0.6) is 5.75 Å². The van der Waals surface area contributed by atoms with E-state index in [1.165, 1.54) is 30.2 Å². The van der Waals surface area contributed by atoms with Crippen LogP contribution in [-0.2, 0) is 20.8 Å². The average molecular weight is 557 g/mol. The Kier molecular flexibility index (Phi) is 7.74. The van der Waals surface area contributed by atoms with Crippen molar-refractivity contribution in [2.24, 2.45) is 5.92 Å². The zero-order chi connectivity index (χ0) is 27.8. The second kappa shape index (κ2) is 10.5. The number of halogens is 4. The molecule has 2 fully saturated rings. The number of rotatable bonds is 7. The summed E-state index contributed by atoms with van der Waals surface area (Å²) in [5, 5.41) is 2.78. The van der Waals surface area contributed by atoms with Crippen molar-refractivity contribution >= 4 is 21.7 Å². The summed E-state index contributed by atoms with van der Waals surface area (Å²) >= 11 is 0. The van der Waals surface area contributed by atoms with E-state index in [0.717, 1.165) is 18.4 Å². The highest BCUT2D eigenvalue weighted by Crippen LogP contribution is 2.43. The van der Waals surface area contributed by atoms with Gasteiger partial charge in [-0.05, 0) is 68.4 Å². The van der Waals surface area contributed by atoms with Crippen molar-refractivity contribution in [3.63, 3.8) is 0 Å². The van der Waals surface area contributed by atoms with Crippen LogP contribution in [-0.4, -0.2) is 51.1 Å². The van der Waals surface area contributed by atoms with Crippen LogP contribution in [0.1, 0.15) is 59.6 Å². The fourth-order valence-corrected chi connectivity index (χ4v) is 5.42. The predicted octanol–water partition coefficient (Wildman–Crippen LogP) is 4.52. The van der Waals surface area contributed by atoms with Crippen molar-refractivity contribution in [3.05, 3.63) is 58.9 Å². The van der Waals surface area contributed by atoms with E-state index in [-0.39, 0.29) is 34.2 Å². The first-order valence-corrected chi connectivity index (χ1v) is 14.1. The minimum Gasteiger partial charge on any atom is -0.496 e. The molecule has 12 heteroatoms. The standard InChI is InChI=1S/C26H28F4N2O5S/c1-37-22-11-9-17(38(2,35)36)14-19(22)25(34)32-12-4-3-5-21(32)24(33)31-23(15-6-7-15)18-10-8-16(13-20(18)27)26(28,29)30/h8-11,13-15,21,23H,3-7,12H2,1-2H3,(H,31,33)/t21-,23-/m1/s1. The van der Waals surface area contributed by atoms with Crippen molar-refractivity contribution in [1.82, 2.24) is 10.2 Å². The lowest BCUT2D eigenvalue weighted by molar-refractivity contribution is -0.137. The highest BCUT2D eigenvalue weighted by molar-refractivity contribution is 7.90. The summed E-state index contributed by atoms with van der Waals surface area (Å²) in [7, 11) is -2.28. The van der Waals surface area contributed by atoms with E-state index in [4.69, 9.17) is 4.74 Å². The molecular formula is C26H28F4N2O5S. The van der Waals surface area contributed by atoms with Gasteiger partial charge in [-0.1, -0.05) is 6.07 Å². The third-order valence-electron chi connectivity index (χ3n) is 6.95. The van der Waals surface area contributed by atoms with Gasteiger partial charge in [-0.15, -0.1) is 0 Å². The molecule has 2 amide bonds. The molecule has 0 spiro atoms. The molecule has 0 bridgehead atoms. The maximum Gasteiger partial charge on any atom is 0.416 e. The number of methoxy groups -OCH3 is 1. The number of alkyl halides is 3. The summed E-state index contributed by atoms with van der Waals surface area (Å²) in [6, 6.07) is 4.40. The van der Waals surface area contributed by atoms with Crippen LogP contribution in [0, 0.1) is 11.7 Å². The summed E-state index contributed by atoms with van der Waals surface area (Å²) in [6.07, 6.45) is -0.760. The zero-order valence-corrected chi connectivity index (χ0v) is 21.7. The molecule has 0 radical (unpaired) electrons. The van der Waals surface area contributed by atoms with E-state index < -0.39 is 51.3 Å². The van der Waals surface area contributed by atoms with Crippen molar-refractivity contribution in [2.45, 2.75) is 55.3 Å². The van der Waals surface area contributed by atoms with E-state index in [9.17, 15) is 35.6 Å². The molecule has 38 heavy (non-hydrogen) atoms. The van der Waals surface area contributed by atoms with Gasteiger partial charge in [0.05, 0.1) is 29.2 Å². The van der Waals surface area contributed by atoms with Crippen LogP contribution in [0.4, 0.5) is 17.6 Å². The smallest absolute Gasteiger partial charge is 0.416 e. The van der Waals surface area contributed by atoms with Gasteiger partial charge in [0.25, 0.3) is 5.91 Å². The monoisotopic (exact) mass is 556 g/mol. The number of benzene rings is 2. The number of piperidine rings is 1. The van der Waals surface area contributed by atoms with Crippen LogP contribution in [0.3, 0.4) is 0 Å². The quantitative estimate of drug-likeness (QED) is 0.507. The maximum atomic E-state index is 14.8. The van der Waals surface area contributed by atoms with Gasteiger partial charge in [0.2, 0.25) is 5.91 Å². The first-order valence-electron chi connectivity index (χ1n) is 12.2. The van der Waals surface area contributed by atoms with E-state index in [2.05, 4.69) is 5.32 Å². The van der Waals surface area contributed by atoms with Crippen molar-refractivity contribution < 1.29 is 40.3 Å². The molecule has 0 aromatic heterocycles. The summed E-state index contributed by atoms with van der Waals surface area (Å²) in [5.74, 6) is -2.18. The van der Waals surface area contributed by atoms with Crippen LogP contribution < -0.4 is 10.1 Å². The highest BCUT2D eigenvalue weighted by Gasteiger charge is 2.40. The lowest BCUT2D eigenvalue weighted by Crippen LogP contribution is -2.52. The topological polar surface area (TPSA) is 92.8 Å². The molecule has 2 aromatic rings. The van der Waals surface area contributed by atoms with Gasteiger partial charge >= 0.3 is 6.18 Å². The Balaban J connectivity index is 1.61. The lowest BCUT2D eigenvalue weighted by Gasteiger charge is -2.36. The van der Waals surface area contributed by atoms with Crippen LogP contribution in [0.25, 0.3) is 0 Å². The molecule has 7 nitrogen and oxygen atoms in total. The number of hydrogen-bond acceptors (Lipinski definition) is 5. The van der Waals surface area contributed by atoms with E-state index in [1.807, 2.05) is 0 Å². The van der Waals surface area contributed by atoms with Crippen LogP contribution in [0.2, 0.25) is 0 Å². The number of hydrogen-bond donors (Lipinski definition) is 1. The van der Waals surface area contributed by atoms with E-state index in [0.29, 0.717) is 38.2 Å². The SMILES string of the molecule is COc1ccc(S(C)(=O)=O)cc1C(=O)N1CCCC[C@@H]1C(=O)N[C@@H](c1ccc(C(F)(F)F)cc1F)C1CC1. The number of nitrogens with one attached hydrogen (secondary N) is 1. The van der Waals surface area contributed by atoms with Crippen molar-refractivity contribution in [1.29, 1.82) is 0 Å². The number of amides is 2. The fraction of sp³-hybridized carbons (Fsp3) is 0.462. The molecule has 1 heterocycles. The minimum absolute atomic E-state index is 0.0114. The van der Waals surface area contributed by atoms with E-state index in [1.54, 1.807) is 0 Å². The molecule has 4 rings (SSSR count). The summed E-state index contributed by atoms with van der Waals surface area (Å²) in [5.41, 5.74) is -1.17. The Morgan fingerprint density at radius 3 is 2.37 bits per heavy atom. The number of ether oxygens (including phenoxy) is 1. The molecule has 1 saturated carbocycles. The van der Waals surface area contributed by atoms with Gasteiger partial charge in [-0.3, -0.25) is 9.59 Å². The molecule has 2 aliphatic rings. The molecular weight excluding hydrogens is 528 g/mol.